The molecule has 1 saturated carbocycles. The van der Waals surface area contributed by atoms with Crippen molar-refractivity contribution >= 4 is 35.7 Å². The first-order valence-corrected chi connectivity index (χ1v) is 14.0. The van der Waals surface area contributed by atoms with Gasteiger partial charge in [-0.25, -0.2) is 9.59 Å². The molecule has 40 heavy (non-hydrogen) atoms. The number of guanidine groups is 1. The van der Waals surface area contributed by atoms with Gasteiger partial charge < -0.3 is 47.9 Å². The summed E-state index contributed by atoms with van der Waals surface area (Å²) in [6.07, 6.45) is 5.12. The van der Waals surface area contributed by atoms with Gasteiger partial charge in [-0.1, -0.05) is 12.8 Å². The van der Waals surface area contributed by atoms with Crippen LogP contribution in [0.3, 0.4) is 0 Å². The summed E-state index contributed by atoms with van der Waals surface area (Å²) in [5.74, 6) is -2.69. The fraction of sp³-hybridized carbons (Fsp3) is 0.760. The molecule has 1 aliphatic carbocycles. The maximum absolute atomic E-state index is 14.0. The number of nitrogens with two attached hydrogens (primary N) is 3. The number of aliphatic carboxylic acids is 1. The zero-order valence-corrected chi connectivity index (χ0v) is 22.7. The smallest absolute Gasteiger partial charge is 0.407 e. The number of hydrogen-bond donors (Lipinski definition) is 7. The zero-order valence-electron chi connectivity index (χ0n) is 22.7. The summed E-state index contributed by atoms with van der Waals surface area (Å²) in [5.41, 5.74) is 16.3. The second kappa shape index (κ2) is 14.7. The van der Waals surface area contributed by atoms with Gasteiger partial charge in [-0.15, -0.1) is 0 Å². The van der Waals surface area contributed by atoms with Crippen LogP contribution in [0.1, 0.15) is 64.2 Å². The Labute approximate surface area is 233 Å². The summed E-state index contributed by atoms with van der Waals surface area (Å²) in [6.45, 7) is 0.491. The minimum atomic E-state index is -1.20. The van der Waals surface area contributed by atoms with Gasteiger partial charge in [-0.2, -0.15) is 0 Å². The maximum Gasteiger partial charge on any atom is 0.407 e. The van der Waals surface area contributed by atoms with Crippen molar-refractivity contribution in [1.82, 2.24) is 20.9 Å². The fourth-order valence-electron chi connectivity index (χ4n) is 5.77. The molecule has 2 saturated heterocycles. The van der Waals surface area contributed by atoms with E-state index in [2.05, 4.69) is 20.9 Å². The highest BCUT2D eigenvalue weighted by Gasteiger charge is 2.49. The maximum atomic E-state index is 14.0. The Morgan fingerprint density at radius 1 is 1.05 bits per heavy atom. The van der Waals surface area contributed by atoms with E-state index in [9.17, 15) is 29.1 Å². The topological polar surface area (TPSA) is 245 Å². The second-order valence-electron chi connectivity index (χ2n) is 10.6. The van der Waals surface area contributed by atoms with Gasteiger partial charge in [0.15, 0.2) is 5.96 Å². The number of aliphatic imine (C=N–C) groups is 1. The number of likely N-dealkylation sites (tertiary alicyclic amines) is 1. The van der Waals surface area contributed by atoms with Gasteiger partial charge in [0.2, 0.25) is 17.7 Å². The lowest BCUT2D eigenvalue weighted by Gasteiger charge is -2.36. The number of carbonyl (C=O) groups excluding carboxylic acids is 4. The van der Waals surface area contributed by atoms with Crippen molar-refractivity contribution in [2.24, 2.45) is 28.1 Å². The Balaban J connectivity index is 1.77. The van der Waals surface area contributed by atoms with E-state index in [0.717, 1.165) is 25.7 Å². The monoisotopic (exact) mass is 566 g/mol. The van der Waals surface area contributed by atoms with Crippen molar-refractivity contribution in [3.05, 3.63) is 0 Å². The molecule has 3 rings (SSSR count). The van der Waals surface area contributed by atoms with Crippen molar-refractivity contribution in [3.63, 3.8) is 0 Å². The minimum absolute atomic E-state index is 0.0986. The lowest BCUT2D eigenvalue weighted by molar-refractivity contribution is -0.146. The number of ether oxygens (including phenoxy) is 1. The number of carboxylic acids is 1. The van der Waals surface area contributed by atoms with E-state index in [1.165, 1.54) is 0 Å². The molecule has 4 amide bonds. The van der Waals surface area contributed by atoms with E-state index in [1.807, 2.05) is 0 Å². The van der Waals surface area contributed by atoms with Crippen LogP contribution in [0, 0.1) is 5.92 Å². The third kappa shape index (κ3) is 8.19. The molecule has 2 unspecified atom stereocenters. The average Bonchev–Trinajstić information content (AvgIpc) is 3.53. The van der Waals surface area contributed by atoms with E-state index in [0.29, 0.717) is 38.6 Å². The number of hydrogen-bond acceptors (Lipinski definition) is 8. The van der Waals surface area contributed by atoms with Crippen molar-refractivity contribution in [2.75, 3.05) is 19.7 Å². The van der Waals surface area contributed by atoms with Gasteiger partial charge in [0.25, 0.3) is 0 Å². The van der Waals surface area contributed by atoms with Crippen LogP contribution in [0.5, 0.6) is 0 Å². The van der Waals surface area contributed by atoms with Crippen LogP contribution in [-0.4, -0.2) is 95.7 Å². The number of carbonyl (C=O) groups is 5. The molecule has 15 heteroatoms. The number of nitrogens with zero attached hydrogens (tertiary/aromatic N) is 2. The van der Waals surface area contributed by atoms with Crippen molar-refractivity contribution in [3.8, 4) is 0 Å². The molecule has 0 radical (unpaired) electrons. The quantitative estimate of drug-likeness (QED) is 0.0727. The van der Waals surface area contributed by atoms with E-state index in [4.69, 9.17) is 21.9 Å². The Kier molecular flexibility index (Phi) is 11.3. The van der Waals surface area contributed by atoms with Crippen LogP contribution in [-0.2, 0) is 23.9 Å². The number of cyclic esters (lactones) is 1. The Morgan fingerprint density at radius 2 is 1.75 bits per heavy atom. The SMILES string of the molecule is NCCCC[C@H](NC(=O)[C@@H]1COC(=O)N1)C(=O)N1C2CCCCC2C[C@H]1C(=O)N[C@@H](CCCN=C(N)N)C(=O)O. The molecular formula is C25H42N8O7. The lowest BCUT2D eigenvalue weighted by atomic mass is 9.84. The number of nitrogens with one attached hydrogen (secondary N) is 3. The molecule has 0 bridgehead atoms. The van der Waals surface area contributed by atoms with E-state index in [1.54, 1.807) is 4.90 Å². The molecule has 2 aliphatic heterocycles. The summed E-state index contributed by atoms with van der Waals surface area (Å²) in [4.78, 5) is 69.1. The standard InChI is InChI=1S/C25H42N8O7/c26-10-4-3-7-15(30-20(34)17-13-40-25(39)32-17)22(36)33-18-9-2-1-6-14(18)12-19(33)21(35)31-16(23(37)38)8-5-11-29-24(27)28/h14-19H,1-13,26H2,(H,30,34)(H,31,35)(H,32,39)(H,37,38)(H4,27,28,29)/t14?,15-,16-,17-,18?,19-/m0/s1. The van der Waals surface area contributed by atoms with Crippen LogP contribution in [0.2, 0.25) is 0 Å². The van der Waals surface area contributed by atoms with Gasteiger partial charge in [0.05, 0.1) is 0 Å². The summed E-state index contributed by atoms with van der Waals surface area (Å²) in [5, 5.41) is 17.5. The van der Waals surface area contributed by atoms with E-state index >= 15 is 0 Å². The summed E-state index contributed by atoms with van der Waals surface area (Å²) in [6, 6.07) is -4.10. The molecule has 0 aromatic rings. The molecule has 0 aromatic carbocycles. The molecule has 224 valence electrons. The molecule has 0 aromatic heterocycles. The van der Waals surface area contributed by atoms with Gasteiger partial charge in [0.1, 0.15) is 30.8 Å². The Bertz CT molecular complexity index is 973. The number of amides is 4. The van der Waals surface area contributed by atoms with Gasteiger partial charge >= 0.3 is 12.1 Å². The largest absolute Gasteiger partial charge is 0.480 e. The summed E-state index contributed by atoms with van der Waals surface area (Å²) < 4.78 is 4.81. The summed E-state index contributed by atoms with van der Waals surface area (Å²) in [7, 11) is 0. The predicted molar refractivity (Wildman–Crippen MR) is 144 cm³/mol. The molecule has 10 N–H and O–H groups in total. The molecule has 3 aliphatic rings. The number of alkyl carbamates (subject to hydrolysis) is 1. The van der Waals surface area contributed by atoms with Gasteiger partial charge in [-0.3, -0.25) is 19.4 Å². The first-order chi connectivity index (χ1) is 19.1. The molecule has 15 nitrogen and oxygen atoms in total. The fourth-order valence-corrected chi connectivity index (χ4v) is 5.77. The predicted octanol–water partition coefficient (Wildman–Crippen LogP) is -1.51. The van der Waals surface area contributed by atoms with Crippen LogP contribution in [0.4, 0.5) is 4.79 Å². The molecule has 0 spiro atoms. The first kappa shape index (κ1) is 30.9. The third-order valence-electron chi connectivity index (χ3n) is 7.76. The number of rotatable bonds is 14. The molecular weight excluding hydrogens is 524 g/mol. The van der Waals surface area contributed by atoms with Crippen molar-refractivity contribution < 1.29 is 33.8 Å². The number of unbranched alkanes of at least 4 members (excludes halogenated alkanes) is 1. The Hall–Kier alpha value is -3.62. The number of fused-ring (bicyclic) bond motifs is 1. The van der Waals surface area contributed by atoms with Crippen molar-refractivity contribution in [2.45, 2.75) is 94.4 Å². The highest BCUT2D eigenvalue weighted by atomic mass is 16.6. The molecule has 3 fully saturated rings. The highest BCUT2D eigenvalue weighted by molar-refractivity contribution is 5.95. The third-order valence-corrected chi connectivity index (χ3v) is 7.76. The minimum Gasteiger partial charge on any atom is -0.480 e. The average molecular weight is 567 g/mol. The van der Waals surface area contributed by atoms with Crippen LogP contribution in [0.15, 0.2) is 4.99 Å². The highest BCUT2D eigenvalue weighted by Crippen LogP contribution is 2.40. The van der Waals surface area contributed by atoms with Crippen LogP contribution < -0.4 is 33.2 Å². The lowest BCUT2D eigenvalue weighted by Crippen LogP contribution is -2.59. The van der Waals surface area contributed by atoms with Crippen LogP contribution >= 0.6 is 0 Å². The van der Waals surface area contributed by atoms with Gasteiger partial charge in [0, 0.05) is 12.6 Å². The van der Waals surface area contributed by atoms with E-state index < -0.39 is 54.0 Å². The molecule has 6 atom stereocenters. The molecule has 2 heterocycles. The van der Waals surface area contributed by atoms with E-state index in [-0.39, 0.29) is 37.5 Å². The normalized spacial score (nSPS) is 25.1. The second-order valence-corrected chi connectivity index (χ2v) is 10.6. The zero-order chi connectivity index (χ0) is 29.2. The summed E-state index contributed by atoms with van der Waals surface area (Å²) >= 11 is 0. The van der Waals surface area contributed by atoms with Crippen molar-refractivity contribution in [1.29, 1.82) is 0 Å². The first-order valence-electron chi connectivity index (χ1n) is 14.0. The van der Waals surface area contributed by atoms with Crippen LogP contribution in [0.25, 0.3) is 0 Å². The Morgan fingerprint density at radius 3 is 2.40 bits per heavy atom. The number of carboxylic acid groups (broad SMARTS) is 1. The van der Waals surface area contributed by atoms with Gasteiger partial charge in [-0.05, 0) is 63.8 Å².